The van der Waals surface area contributed by atoms with Crippen LogP contribution < -0.4 is 10.9 Å². The molecule has 0 radical (unpaired) electrons. The maximum Gasteiger partial charge on any atom is 0.261 e. The van der Waals surface area contributed by atoms with Crippen LogP contribution in [0, 0.1) is 0 Å². The van der Waals surface area contributed by atoms with Gasteiger partial charge in [-0.3, -0.25) is 9.59 Å². The van der Waals surface area contributed by atoms with Gasteiger partial charge in [-0.15, -0.1) is 0 Å². The van der Waals surface area contributed by atoms with Crippen LogP contribution in [0.5, 0.6) is 0 Å². The largest absolute Gasteiger partial charge is 0.327 e. The van der Waals surface area contributed by atoms with Crippen molar-refractivity contribution in [1.82, 2.24) is 14.5 Å². The number of fused-ring (bicyclic) bond motifs is 1. The Morgan fingerprint density at radius 2 is 1.56 bits per heavy atom. The molecular weight excluding hydrogens is 400 g/mol. The molecule has 2 heterocycles. The fourth-order valence-corrected chi connectivity index (χ4v) is 3.74. The van der Waals surface area contributed by atoms with E-state index in [9.17, 15) is 9.59 Å². The molecule has 3 aromatic carbocycles. The molecule has 5 aromatic rings. The van der Waals surface area contributed by atoms with Gasteiger partial charge in [0.2, 0.25) is 0 Å². The second-order valence-corrected chi connectivity index (χ2v) is 7.50. The van der Waals surface area contributed by atoms with Gasteiger partial charge in [0.1, 0.15) is 11.4 Å². The van der Waals surface area contributed by atoms with Gasteiger partial charge in [-0.05, 0) is 54.1 Å². The number of hydrogen-bond donors (Lipinski definition) is 2. The smallest absolute Gasteiger partial charge is 0.261 e. The molecule has 0 aliphatic carbocycles. The zero-order chi connectivity index (χ0) is 22.1. The van der Waals surface area contributed by atoms with E-state index in [1.165, 1.54) is 0 Å². The molecule has 0 unspecified atom stereocenters. The Labute approximate surface area is 184 Å². The number of hydrogen-bond acceptors (Lipinski definition) is 3. The number of amides is 1. The zero-order valence-electron chi connectivity index (χ0n) is 17.4. The highest BCUT2D eigenvalue weighted by Gasteiger charge is 2.13. The highest BCUT2D eigenvalue weighted by Crippen LogP contribution is 2.25. The van der Waals surface area contributed by atoms with Crippen molar-refractivity contribution in [2.24, 2.45) is 7.05 Å². The molecular formula is C26H20N4O2. The predicted molar refractivity (Wildman–Crippen MR) is 127 cm³/mol. The minimum atomic E-state index is -0.457. The lowest BCUT2D eigenvalue weighted by Gasteiger charge is -2.08. The lowest BCUT2D eigenvalue weighted by atomic mass is 10.1. The second kappa shape index (κ2) is 8.00. The monoisotopic (exact) mass is 420 g/mol. The number of aromatic nitrogens is 3. The van der Waals surface area contributed by atoms with Crippen LogP contribution in [0.15, 0.2) is 95.8 Å². The van der Waals surface area contributed by atoms with E-state index in [0.717, 1.165) is 28.0 Å². The molecule has 0 saturated heterocycles. The number of H-pyrrole nitrogens is 1. The number of rotatable bonds is 4. The molecule has 2 aromatic heterocycles. The fourth-order valence-electron chi connectivity index (χ4n) is 3.74. The number of imidazole rings is 1. The van der Waals surface area contributed by atoms with Gasteiger partial charge in [-0.1, -0.05) is 42.5 Å². The maximum absolute atomic E-state index is 12.7. The quantitative estimate of drug-likeness (QED) is 0.436. The van der Waals surface area contributed by atoms with E-state index in [1.54, 1.807) is 24.3 Å². The highest BCUT2D eigenvalue weighted by atomic mass is 16.2. The van der Waals surface area contributed by atoms with E-state index in [2.05, 4.69) is 10.3 Å². The van der Waals surface area contributed by atoms with Crippen LogP contribution in [0.25, 0.3) is 33.7 Å². The molecule has 0 bridgehead atoms. The van der Waals surface area contributed by atoms with Crippen molar-refractivity contribution in [3.8, 4) is 22.6 Å². The molecule has 5 rings (SSSR count). The van der Waals surface area contributed by atoms with Gasteiger partial charge >= 0.3 is 0 Å². The Morgan fingerprint density at radius 3 is 2.28 bits per heavy atom. The molecule has 6 nitrogen and oxygen atoms in total. The van der Waals surface area contributed by atoms with Crippen LogP contribution in [-0.4, -0.2) is 20.4 Å². The summed E-state index contributed by atoms with van der Waals surface area (Å²) in [5, 5.41) is 2.79. The number of carbonyl (C=O) groups is 1. The summed E-state index contributed by atoms with van der Waals surface area (Å²) < 4.78 is 2.04. The van der Waals surface area contributed by atoms with Crippen molar-refractivity contribution in [1.29, 1.82) is 0 Å². The number of benzene rings is 3. The van der Waals surface area contributed by atoms with Crippen LogP contribution >= 0.6 is 0 Å². The molecule has 0 aliphatic rings. The van der Waals surface area contributed by atoms with Gasteiger partial charge in [-0.2, -0.15) is 0 Å². The van der Waals surface area contributed by atoms with Gasteiger partial charge in [0.25, 0.3) is 11.5 Å². The number of carbonyl (C=O) groups excluding carboxylic acids is 1. The van der Waals surface area contributed by atoms with Crippen molar-refractivity contribution in [2.45, 2.75) is 0 Å². The number of anilines is 1. The van der Waals surface area contributed by atoms with Crippen molar-refractivity contribution in [3.63, 3.8) is 0 Å². The van der Waals surface area contributed by atoms with Crippen LogP contribution in [-0.2, 0) is 7.05 Å². The Balaban J connectivity index is 1.36. The molecule has 2 N–H and O–H groups in total. The van der Waals surface area contributed by atoms with Crippen LogP contribution in [0.1, 0.15) is 10.4 Å². The van der Waals surface area contributed by atoms with Crippen molar-refractivity contribution in [2.75, 3.05) is 5.32 Å². The Morgan fingerprint density at radius 1 is 0.844 bits per heavy atom. The zero-order valence-corrected chi connectivity index (χ0v) is 17.4. The average molecular weight is 420 g/mol. The first-order valence-corrected chi connectivity index (χ1v) is 10.2. The summed E-state index contributed by atoms with van der Waals surface area (Å²) >= 11 is 0. The van der Waals surface area contributed by atoms with Crippen LogP contribution in [0.2, 0.25) is 0 Å². The van der Waals surface area contributed by atoms with E-state index in [0.29, 0.717) is 11.4 Å². The summed E-state index contributed by atoms with van der Waals surface area (Å²) in [5.41, 5.74) is 4.70. The highest BCUT2D eigenvalue weighted by molar-refractivity contribution is 6.04. The van der Waals surface area contributed by atoms with E-state index in [1.807, 2.05) is 78.3 Å². The normalized spacial score (nSPS) is 10.9. The van der Waals surface area contributed by atoms with Gasteiger partial charge in [0.15, 0.2) is 0 Å². The van der Waals surface area contributed by atoms with E-state index < -0.39 is 11.5 Å². The van der Waals surface area contributed by atoms with Crippen LogP contribution in [0.4, 0.5) is 5.69 Å². The fraction of sp³-hybridized carbons (Fsp3) is 0.0385. The first kappa shape index (κ1) is 19.5. The van der Waals surface area contributed by atoms with Gasteiger partial charge in [-0.25, -0.2) is 4.98 Å². The molecule has 0 saturated carbocycles. The third-order valence-corrected chi connectivity index (χ3v) is 5.43. The Kier molecular flexibility index (Phi) is 4.88. The summed E-state index contributed by atoms with van der Waals surface area (Å²) in [6.07, 6.45) is 0. The van der Waals surface area contributed by atoms with E-state index in [-0.39, 0.29) is 5.56 Å². The van der Waals surface area contributed by atoms with Crippen molar-refractivity contribution < 1.29 is 4.79 Å². The molecule has 1 amide bonds. The van der Waals surface area contributed by atoms with Crippen molar-refractivity contribution in [3.05, 3.63) is 107 Å². The lowest BCUT2D eigenvalue weighted by molar-refractivity contribution is 0.102. The molecule has 0 aliphatic heterocycles. The first-order chi connectivity index (χ1) is 15.6. The van der Waals surface area contributed by atoms with Crippen LogP contribution in [0.3, 0.4) is 0 Å². The molecule has 6 heteroatoms. The molecule has 32 heavy (non-hydrogen) atoms. The van der Waals surface area contributed by atoms with Gasteiger partial charge in [0, 0.05) is 24.0 Å². The predicted octanol–water partition coefficient (Wildman–Crippen LogP) is 4.85. The number of aryl methyl sites for hydroxylation is 1. The number of pyridine rings is 1. The minimum Gasteiger partial charge on any atom is -0.327 e. The summed E-state index contributed by atoms with van der Waals surface area (Å²) in [6, 6.07) is 28.2. The van der Waals surface area contributed by atoms with E-state index in [4.69, 9.17) is 4.98 Å². The minimum absolute atomic E-state index is 0.0594. The third kappa shape index (κ3) is 3.58. The van der Waals surface area contributed by atoms with Gasteiger partial charge < -0.3 is 14.9 Å². The number of nitrogens with zero attached hydrogens (tertiary/aromatic N) is 2. The average Bonchev–Trinajstić information content (AvgIpc) is 3.16. The molecule has 0 fully saturated rings. The number of para-hydroxylation sites is 2. The summed E-state index contributed by atoms with van der Waals surface area (Å²) in [4.78, 5) is 32.6. The van der Waals surface area contributed by atoms with Crippen molar-refractivity contribution >= 4 is 22.6 Å². The SMILES string of the molecule is Cn1c(-c2ccc(NC(=O)c3ccc(-c4ccccc4)[nH]c3=O)cc2)nc2ccccc21. The molecule has 0 atom stereocenters. The molecule has 0 spiro atoms. The standard InChI is InChI=1S/C26H20N4O2/c1-30-23-10-6-5-9-22(23)28-24(30)18-11-13-19(14-12-18)27-25(31)20-15-16-21(29-26(20)32)17-7-3-2-4-8-17/h2-16H,1H3,(H,27,31)(H,29,32). The Bertz CT molecular complexity index is 1480. The third-order valence-electron chi connectivity index (χ3n) is 5.43. The topological polar surface area (TPSA) is 79.8 Å². The first-order valence-electron chi connectivity index (χ1n) is 10.2. The van der Waals surface area contributed by atoms with Gasteiger partial charge in [0.05, 0.1) is 11.0 Å². The molecule has 156 valence electrons. The number of aromatic amines is 1. The summed E-state index contributed by atoms with van der Waals surface area (Å²) in [6.45, 7) is 0. The Hall–Kier alpha value is -4.45. The summed E-state index contributed by atoms with van der Waals surface area (Å²) in [5.74, 6) is 0.387. The second-order valence-electron chi connectivity index (χ2n) is 7.50. The summed E-state index contributed by atoms with van der Waals surface area (Å²) in [7, 11) is 1.98. The maximum atomic E-state index is 12.7. The van der Waals surface area contributed by atoms with E-state index >= 15 is 0 Å². The number of nitrogens with one attached hydrogen (secondary N) is 2. The lowest BCUT2D eigenvalue weighted by Crippen LogP contribution is -2.23.